The van der Waals surface area contributed by atoms with Gasteiger partial charge in [0.15, 0.2) is 0 Å². The van der Waals surface area contributed by atoms with Gasteiger partial charge in [0.05, 0.1) is 18.0 Å². The van der Waals surface area contributed by atoms with Crippen LogP contribution in [-0.2, 0) is 4.79 Å². The summed E-state index contributed by atoms with van der Waals surface area (Å²) in [6.45, 7) is 6.48. The Morgan fingerprint density at radius 3 is 2.70 bits per heavy atom. The molecule has 3 unspecified atom stereocenters. The zero-order valence-electron chi connectivity index (χ0n) is 18.4. The zero-order valence-corrected chi connectivity index (χ0v) is 18.4. The average molecular weight is 407 g/mol. The molecule has 2 saturated carbocycles. The monoisotopic (exact) mass is 406 g/mol. The number of fused-ring (bicyclic) bond motifs is 5. The number of carbonyl (C=O) groups excluding carboxylic acids is 1. The summed E-state index contributed by atoms with van der Waals surface area (Å²) >= 11 is 0. The summed E-state index contributed by atoms with van der Waals surface area (Å²) in [7, 11) is 0. The molecular weight excluding hydrogens is 372 g/mol. The van der Waals surface area contributed by atoms with Crippen LogP contribution in [0.3, 0.4) is 0 Å². The Morgan fingerprint density at radius 2 is 1.90 bits per heavy atom. The van der Waals surface area contributed by atoms with Crippen molar-refractivity contribution in [3.05, 3.63) is 41.7 Å². The largest absolute Gasteiger partial charge is 0.393 e. The van der Waals surface area contributed by atoms with Gasteiger partial charge in [-0.1, -0.05) is 31.6 Å². The molecule has 0 radical (unpaired) electrons. The fraction of sp³-hybridized carbons (Fsp3) is 0.615. The molecule has 160 valence electrons. The second-order valence-corrected chi connectivity index (χ2v) is 10.6. The number of anilines is 1. The number of allylic oxidation sites excluding steroid dienone is 3. The minimum absolute atomic E-state index is 0.0606. The van der Waals surface area contributed by atoms with E-state index in [0.717, 1.165) is 49.3 Å². The Balaban J connectivity index is 1.44. The predicted octanol–water partition coefficient (Wildman–Crippen LogP) is 5.36. The van der Waals surface area contributed by atoms with Gasteiger partial charge in [-0.25, -0.2) is 0 Å². The lowest BCUT2D eigenvalue weighted by Gasteiger charge is -2.57. The first kappa shape index (κ1) is 20.0. The summed E-state index contributed by atoms with van der Waals surface area (Å²) in [5.74, 6) is 2.05. The minimum Gasteiger partial charge on any atom is -0.393 e. The van der Waals surface area contributed by atoms with Crippen molar-refractivity contribution in [2.24, 2.45) is 28.6 Å². The molecule has 1 amide bonds. The van der Waals surface area contributed by atoms with Gasteiger partial charge in [0, 0.05) is 13.1 Å². The van der Waals surface area contributed by atoms with Crippen LogP contribution in [0.15, 0.2) is 36.2 Å². The molecule has 30 heavy (non-hydrogen) atoms. The smallest absolute Gasteiger partial charge is 0.221 e. The van der Waals surface area contributed by atoms with E-state index in [2.05, 4.69) is 42.4 Å². The second-order valence-electron chi connectivity index (χ2n) is 10.6. The molecule has 1 aromatic rings. The molecule has 0 spiro atoms. The van der Waals surface area contributed by atoms with Crippen LogP contribution in [0.5, 0.6) is 0 Å². The number of aliphatic hydroxyl groups is 1. The van der Waals surface area contributed by atoms with Gasteiger partial charge >= 0.3 is 0 Å². The molecule has 4 heteroatoms. The highest BCUT2D eigenvalue weighted by molar-refractivity contribution is 5.89. The van der Waals surface area contributed by atoms with E-state index in [-0.39, 0.29) is 22.8 Å². The summed E-state index contributed by atoms with van der Waals surface area (Å²) in [5.41, 5.74) is 5.34. The SMILES string of the molecule is CC(=O)Nc1cncc(C2=CCC3C4CC=C5C[C@@H](O)CC[C@]5(C)C4CC[C@]23C)c1. The van der Waals surface area contributed by atoms with Crippen molar-refractivity contribution in [1.29, 1.82) is 0 Å². The maximum Gasteiger partial charge on any atom is 0.221 e. The normalized spacial score (nSPS) is 39.9. The molecule has 2 N–H and O–H groups in total. The van der Waals surface area contributed by atoms with Gasteiger partial charge in [-0.2, -0.15) is 0 Å². The van der Waals surface area contributed by atoms with E-state index in [1.165, 1.54) is 30.9 Å². The molecular formula is C26H34N2O2. The second kappa shape index (κ2) is 7.05. The van der Waals surface area contributed by atoms with Crippen molar-refractivity contribution in [2.75, 3.05) is 5.32 Å². The fourth-order valence-electron chi connectivity index (χ4n) is 7.52. The van der Waals surface area contributed by atoms with E-state index in [4.69, 9.17) is 0 Å². The maximum absolute atomic E-state index is 11.5. The quantitative estimate of drug-likeness (QED) is 0.650. The number of hydrogen-bond acceptors (Lipinski definition) is 3. The van der Waals surface area contributed by atoms with Crippen molar-refractivity contribution in [1.82, 2.24) is 4.98 Å². The van der Waals surface area contributed by atoms with Crippen LogP contribution in [0.1, 0.15) is 71.3 Å². The van der Waals surface area contributed by atoms with E-state index in [9.17, 15) is 9.90 Å². The topological polar surface area (TPSA) is 62.2 Å². The van der Waals surface area contributed by atoms with Crippen LogP contribution in [0.25, 0.3) is 5.57 Å². The molecule has 0 aliphatic heterocycles. The summed E-state index contributed by atoms with van der Waals surface area (Å²) < 4.78 is 0. The zero-order chi connectivity index (χ0) is 21.1. The fourth-order valence-corrected chi connectivity index (χ4v) is 7.52. The Labute approximate surface area is 179 Å². The number of aromatic nitrogens is 1. The van der Waals surface area contributed by atoms with Crippen LogP contribution in [-0.4, -0.2) is 22.1 Å². The summed E-state index contributed by atoms with van der Waals surface area (Å²) in [4.78, 5) is 15.9. The first-order valence-corrected chi connectivity index (χ1v) is 11.6. The molecule has 4 nitrogen and oxygen atoms in total. The first-order valence-electron chi connectivity index (χ1n) is 11.6. The minimum atomic E-state index is -0.141. The van der Waals surface area contributed by atoms with Crippen molar-refractivity contribution in [2.45, 2.75) is 71.8 Å². The lowest BCUT2D eigenvalue weighted by Crippen LogP contribution is -2.49. The Morgan fingerprint density at radius 1 is 1.10 bits per heavy atom. The Kier molecular flexibility index (Phi) is 4.70. The van der Waals surface area contributed by atoms with Gasteiger partial charge in [0.25, 0.3) is 0 Å². The van der Waals surface area contributed by atoms with Crippen molar-refractivity contribution in [3.8, 4) is 0 Å². The van der Waals surface area contributed by atoms with Crippen LogP contribution >= 0.6 is 0 Å². The highest BCUT2D eigenvalue weighted by Crippen LogP contribution is 2.66. The highest BCUT2D eigenvalue weighted by atomic mass is 16.3. The van der Waals surface area contributed by atoms with Gasteiger partial charge < -0.3 is 10.4 Å². The van der Waals surface area contributed by atoms with Crippen LogP contribution < -0.4 is 5.32 Å². The van der Waals surface area contributed by atoms with E-state index >= 15 is 0 Å². The van der Waals surface area contributed by atoms with Crippen LogP contribution in [0.4, 0.5) is 5.69 Å². The molecule has 5 rings (SSSR count). The lowest BCUT2D eigenvalue weighted by atomic mass is 9.47. The third-order valence-electron chi connectivity index (χ3n) is 9.03. The van der Waals surface area contributed by atoms with Gasteiger partial charge in [-0.15, -0.1) is 0 Å². The summed E-state index contributed by atoms with van der Waals surface area (Å²) in [6, 6.07) is 2.09. The van der Waals surface area contributed by atoms with Crippen LogP contribution in [0.2, 0.25) is 0 Å². The number of rotatable bonds is 2. The predicted molar refractivity (Wildman–Crippen MR) is 120 cm³/mol. The van der Waals surface area contributed by atoms with Gasteiger partial charge in [0.1, 0.15) is 0 Å². The van der Waals surface area contributed by atoms with Crippen molar-refractivity contribution < 1.29 is 9.90 Å². The highest BCUT2D eigenvalue weighted by Gasteiger charge is 2.56. The molecule has 4 aliphatic carbocycles. The number of nitrogens with one attached hydrogen (secondary N) is 1. The molecule has 1 heterocycles. The first-order chi connectivity index (χ1) is 14.3. The van der Waals surface area contributed by atoms with Crippen molar-refractivity contribution in [3.63, 3.8) is 0 Å². The van der Waals surface area contributed by atoms with Crippen LogP contribution in [0, 0.1) is 28.6 Å². The van der Waals surface area contributed by atoms with Gasteiger partial charge in [0.2, 0.25) is 5.91 Å². The van der Waals surface area contributed by atoms with Gasteiger partial charge in [-0.05, 0) is 90.7 Å². The lowest BCUT2D eigenvalue weighted by molar-refractivity contribution is -0.114. The Hall–Kier alpha value is -1.94. The molecule has 2 fully saturated rings. The maximum atomic E-state index is 11.5. The van der Waals surface area contributed by atoms with E-state index in [1.54, 1.807) is 6.20 Å². The average Bonchev–Trinajstić information content (AvgIpc) is 3.05. The molecule has 4 aliphatic rings. The number of amides is 1. The molecule has 1 aromatic heterocycles. The number of pyridine rings is 1. The number of aliphatic hydroxyl groups excluding tert-OH is 1. The number of nitrogens with zero attached hydrogens (tertiary/aromatic N) is 1. The number of carbonyl (C=O) groups is 1. The molecule has 0 aromatic carbocycles. The molecule has 6 atom stereocenters. The third kappa shape index (κ3) is 2.98. The summed E-state index contributed by atoms with van der Waals surface area (Å²) in [6.07, 6.45) is 16.2. The Bertz CT molecular complexity index is 935. The van der Waals surface area contributed by atoms with E-state index in [1.807, 2.05) is 6.20 Å². The van der Waals surface area contributed by atoms with Crippen molar-refractivity contribution >= 4 is 17.2 Å². The standard InChI is InChI=1S/C26H34N2O2/c1-16(29)28-19-12-17(14-27-15-19)22-6-7-23-21-5-4-18-13-20(30)8-10-25(18,2)24(21)9-11-26(22,23)3/h4,6,12,14-15,20-21,23-24,30H,5,7-11,13H2,1-3H3,(H,28,29)/t20-,21?,23?,24?,25-,26+/m0/s1. The molecule has 0 saturated heterocycles. The van der Waals surface area contributed by atoms with E-state index < -0.39 is 0 Å². The van der Waals surface area contributed by atoms with E-state index in [0.29, 0.717) is 11.8 Å². The summed E-state index contributed by atoms with van der Waals surface area (Å²) in [5, 5.41) is 13.1. The molecule has 0 bridgehead atoms. The van der Waals surface area contributed by atoms with Gasteiger partial charge in [-0.3, -0.25) is 9.78 Å². The number of hydrogen-bond donors (Lipinski definition) is 2. The third-order valence-corrected chi connectivity index (χ3v) is 9.03.